The number of hydrogen-bond acceptors (Lipinski definition) is 6. The first-order valence-corrected chi connectivity index (χ1v) is 9.33. The summed E-state index contributed by atoms with van der Waals surface area (Å²) in [4.78, 5) is 17.7. The predicted molar refractivity (Wildman–Crippen MR) is 102 cm³/mol. The summed E-state index contributed by atoms with van der Waals surface area (Å²) in [6.07, 6.45) is -0.463. The molecule has 7 heteroatoms. The molecule has 0 fully saturated rings. The minimum atomic E-state index is -0.463. The minimum Gasteiger partial charge on any atom is -0.496 e. The maximum Gasteiger partial charge on any atom is 0.276 e. The summed E-state index contributed by atoms with van der Waals surface area (Å²) < 4.78 is 5.52. The number of nitrogens with one attached hydrogen (secondary N) is 1. The average Bonchev–Trinajstić information content (AvgIpc) is 2.67. The van der Waals surface area contributed by atoms with E-state index in [1.807, 2.05) is 55.5 Å². The fourth-order valence-electron chi connectivity index (χ4n) is 3.11. The summed E-state index contributed by atoms with van der Waals surface area (Å²) >= 11 is 1.49. The Hall–Kier alpha value is -2.80. The molecule has 2 aromatic rings. The fraction of sp³-hybridized carbons (Fsp3) is 0.211. The first-order chi connectivity index (χ1) is 12.7. The Labute approximate surface area is 155 Å². The van der Waals surface area contributed by atoms with Crippen LogP contribution in [0.1, 0.15) is 18.7 Å². The third-order valence-corrected chi connectivity index (χ3v) is 4.96. The van der Waals surface area contributed by atoms with Gasteiger partial charge in [0.15, 0.2) is 11.3 Å². The van der Waals surface area contributed by atoms with Crippen molar-refractivity contribution in [2.75, 3.05) is 12.9 Å². The number of hydrogen-bond donors (Lipinski definition) is 1. The van der Waals surface area contributed by atoms with E-state index in [4.69, 9.17) is 9.73 Å². The van der Waals surface area contributed by atoms with Gasteiger partial charge in [-0.3, -0.25) is 15.1 Å². The van der Waals surface area contributed by atoms with E-state index in [1.165, 1.54) is 11.8 Å². The monoisotopic (exact) mass is 366 g/mol. The van der Waals surface area contributed by atoms with Gasteiger partial charge >= 0.3 is 0 Å². The molecule has 0 radical (unpaired) electrons. The van der Waals surface area contributed by atoms with Gasteiger partial charge < -0.3 is 4.74 Å². The Bertz CT molecular complexity index is 1020. The third-order valence-electron chi connectivity index (χ3n) is 4.21. The predicted octanol–water partition coefficient (Wildman–Crippen LogP) is 1.59. The zero-order valence-corrected chi connectivity index (χ0v) is 15.3. The van der Waals surface area contributed by atoms with Crippen molar-refractivity contribution in [3.63, 3.8) is 0 Å². The first-order valence-electron chi connectivity index (χ1n) is 8.35. The molecule has 0 aromatic heterocycles. The van der Waals surface area contributed by atoms with E-state index >= 15 is 0 Å². The molecule has 26 heavy (non-hydrogen) atoms. The van der Waals surface area contributed by atoms with Gasteiger partial charge in [0.2, 0.25) is 0 Å². The molecule has 2 aliphatic heterocycles. The largest absolute Gasteiger partial charge is 0.496 e. The topological polar surface area (TPSA) is 66.3 Å². The van der Waals surface area contributed by atoms with Gasteiger partial charge in [-0.1, -0.05) is 55.1 Å². The highest BCUT2D eigenvalue weighted by atomic mass is 32.2. The number of carbonyl (C=O) groups excluding carboxylic acids is 1. The number of nitrogens with zero attached hydrogens (tertiary/aromatic N) is 3. The molecule has 132 valence electrons. The van der Waals surface area contributed by atoms with Crippen molar-refractivity contribution in [2.24, 2.45) is 10.1 Å². The fourth-order valence-corrected chi connectivity index (χ4v) is 3.70. The summed E-state index contributed by atoms with van der Waals surface area (Å²) in [6, 6.07) is 15.3. The molecule has 0 unspecified atom stereocenters. The van der Waals surface area contributed by atoms with Crippen LogP contribution in [0.4, 0.5) is 0 Å². The molecule has 2 aliphatic rings. The average molecular weight is 366 g/mol. The molecule has 2 heterocycles. The molecule has 2 aromatic carbocycles. The maximum absolute atomic E-state index is 12.9. The van der Waals surface area contributed by atoms with Crippen LogP contribution in [0.15, 0.2) is 58.6 Å². The van der Waals surface area contributed by atoms with Gasteiger partial charge in [0.05, 0.1) is 12.5 Å². The number of amidine groups is 1. The smallest absolute Gasteiger partial charge is 0.276 e. The molecule has 0 aliphatic carbocycles. The second-order valence-electron chi connectivity index (χ2n) is 5.75. The number of thioether (sulfide) groups is 1. The van der Waals surface area contributed by atoms with E-state index in [1.54, 1.807) is 12.1 Å². The van der Waals surface area contributed by atoms with Crippen molar-refractivity contribution in [3.8, 4) is 5.75 Å². The van der Waals surface area contributed by atoms with Crippen LogP contribution < -0.4 is 20.6 Å². The van der Waals surface area contributed by atoms with Crippen molar-refractivity contribution in [1.29, 1.82) is 0 Å². The SMILES string of the molecule is CCSC1=NN2C(=c3ccccc3=N[C@H]2c2ccccc2OC)C(=O)N1. The van der Waals surface area contributed by atoms with Gasteiger partial charge in [0, 0.05) is 10.8 Å². The Balaban J connectivity index is 1.97. The molecule has 1 atom stereocenters. The highest BCUT2D eigenvalue weighted by Gasteiger charge is 2.35. The van der Waals surface area contributed by atoms with Crippen molar-refractivity contribution in [2.45, 2.75) is 13.1 Å². The number of fused-ring (bicyclic) bond motifs is 2. The quantitative estimate of drug-likeness (QED) is 0.896. The number of carbonyl (C=O) groups is 1. The van der Waals surface area contributed by atoms with Gasteiger partial charge in [0.1, 0.15) is 11.4 Å². The highest BCUT2D eigenvalue weighted by molar-refractivity contribution is 8.13. The minimum absolute atomic E-state index is 0.168. The van der Waals surface area contributed by atoms with Gasteiger partial charge in [-0.05, 0) is 17.9 Å². The van der Waals surface area contributed by atoms with E-state index in [-0.39, 0.29) is 5.91 Å². The van der Waals surface area contributed by atoms with Crippen LogP contribution in [0.5, 0.6) is 5.75 Å². The lowest BCUT2D eigenvalue weighted by Crippen LogP contribution is -2.50. The normalized spacial score (nSPS) is 18.3. The second kappa shape index (κ2) is 6.84. The summed E-state index contributed by atoms with van der Waals surface area (Å²) in [7, 11) is 1.63. The lowest BCUT2D eigenvalue weighted by atomic mass is 10.1. The van der Waals surface area contributed by atoms with Crippen LogP contribution in [0.2, 0.25) is 0 Å². The second-order valence-corrected chi connectivity index (χ2v) is 7.00. The van der Waals surface area contributed by atoms with Crippen molar-refractivity contribution < 1.29 is 9.53 Å². The van der Waals surface area contributed by atoms with Crippen LogP contribution in [0.3, 0.4) is 0 Å². The Kier molecular flexibility index (Phi) is 4.38. The lowest BCUT2D eigenvalue weighted by molar-refractivity contribution is -0.116. The summed E-state index contributed by atoms with van der Waals surface area (Å²) in [5, 5.41) is 11.4. The van der Waals surface area contributed by atoms with Crippen LogP contribution in [-0.2, 0) is 4.79 Å². The molecule has 1 N–H and O–H groups in total. The van der Waals surface area contributed by atoms with Crippen LogP contribution in [-0.4, -0.2) is 28.9 Å². The number of hydrazone groups is 1. The Morgan fingerprint density at radius 3 is 2.77 bits per heavy atom. The Morgan fingerprint density at radius 1 is 1.19 bits per heavy atom. The van der Waals surface area contributed by atoms with Crippen LogP contribution in [0, 0.1) is 0 Å². The molecular weight excluding hydrogens is 348 g/mol. The van der Waals surface area contributed by atoms with E-state index in [0.717, 1.165) is 21.9 Å². The zero-order chi connectivity index (χ0) is 18.1. The highest BCUT2D eigenvalue weighted by Crippen LogP contribution is 2.35. The van der Waals surface area contributed by atoms with E-state index < -0.39 is 6.17 Å². The molecule has 6 nitrogen and oxygen atoms in total. The zero-order valence-electron chi connectivity index (χ0n) is 14.5. The van der Waals surface area contributed by atoms with Crippen LogP contribution >= 0.6 is 11.8 Å². The molecule has 4 rings (SSSR count). The summed E-state index contributed by atoms with van der Waals surface area (Å²) in [5.41, 5.74) is 1.37. The molecule has 0 bridgehead atoms. The van der Waals surface area contributed by atoms with Crippen molar-refractivity contribution in [1.82, 2.24) is 10.3 Å². The van der Waals surface area contributed by atoms with Gasteiger partial charge in [0.25, 0.3) is 5.91 Å². The van der Waals surface area contributed by atoms with Crippen molar-refractivity contribution >= 4 is 28.5 Å². The van der Waals surface area contributed by atoms with Gasteiger partial charge in [-0.25, -0.2) is 5.01 Å². The van der Waals surface area contributed by atoms with Crippen molar-refractivity contribution in [3.05, 3.63) is 64.7 Å². The first kappa shape index (κ1) is 16.7. The van der Waals surface area contributed by atoms with E-state index in [9.17, 15) is 4.79 Å². The van der Waals surface area contributed by atoms with Crippen LogP contribution in [0.25, 0.3) is 5.70 Å². The number of methoxy groups -OCH3 is 1. The number of amides is 1. The summed E-state index contributed by atoms with van der Waals surface area (Å²) in [6.45, 7) is 2.02. The molecular formula is C19H18N4O2S. The Morgan fingerprint density at radius 2 is 1.96 bits per heavy atom. The maximum atomic E-state index is 12.9. The summed E-state index contributed by atoms with van der Waals surface area (Å²) in [5.74, 6) is 1.36. The molecule has 0 saturated carbocycles. The number of para-hydroxylation sites is 2. The molecule has 0 saturated heterocycles. The molecule has 1 amide bonds. The van der Waals surface area contributed by atoms with Gasteiger partial charge in [-0.2, -0.15) is 0 Å². The van der Waals surface area contributed by atoms with Gasteiger partial charge in [-0.15, -0.1) is 5.10 Å². The molecule has 0 spiro atoms. The number of ether oxygens (including phenoxy) is 1. The van der Waals surface area contributed by atoms with E-state index in [2.05, 4.69) is 10.4 Å². The number of benzene rings is 2. The van der Waals surface area contributed by atoms with E-state index in [0.29, 0.717) is 16.6 Å². The third kappa shape index (κ3) is 2.74. The lowest BCUT2D eigenvalue weighted by Gasteiger charge is -2.34. The number of rotatable bonds is 3. The standard InChI is InChI=1S/C19H18N4O2S/c1-3-26-19-21-18(24)16-12-8-4-6-10-14(12)20-17(23(16)22-19)13-9-5-7-11-15(13)25-2/h4-11,17H,3H2,1-2H3,(H,21,22,24)/t17-/m1/s1.